The number of thiophene rings is 1. The van der Waals surface area contributed by atoms with Gasteiger partial charge in [0.2, 0.25) is 0 Å². The van der Waals surface area contributed by atoms with E-state index in [0.29, 0.717) is 6.61 Å². The van der Waals surface area contributed by atoms with Crippen molar-refractivity contribution in [2.24, 2.45) is 0 Å². The molecule has 0 atom stereocenters. The standard InChI is InChI=1S/C13H15NOS/c1-10-5-3-7-12(14-2)13(10)15-9-11-6-4-8-16-11/h3-8,14H,9H2,1-2H3. The Bertz CT molecular complexity index is 451. The van der Waals surface area contributed by atoms with E-state index < -0.39 is 0 Å². The maximum absolute atomic E-state index is 5.85. The minimum Gasteiger partial charge on any atom is -0.486 e. The highest BCUT2D eigenvalue weighted by Crippen LogP contribution is 2.29. The molecule has 0 saturated carbocycles. The number of ether oxygens (including phenoxy) is 1. The highest BCUT2D eigenvalue weighted by Gasteiger charge is 2.05. The molecule has 0 spiro atoms. The number of aryl methyl sites for hydroxylation is 1. The van der Waals surface area contributed by atoms with Gasteiger partial charge in [-0.3, -0.25) is 0 Å². The fourth-order valence-corrected chi connectivity index (χ4v) is 2.19. The SMILES string of the molecule is CNc1cccc(C)c1OCc1cccs1. The fraction of sp³-hybridized carbons (Fsp3) is 0.231. The van der Waals surface area contributed by atoms with Crippen LogP contribution in [-0.2, 0) is 6.61 Å². The molecule has 0 amide bonds. The zero-order valence-corrected chi connectivity index (χ0v) is 10.3. The molecule has 1 aromatic heterocycles. The van der Waals surface area contributed by atoms with Gasteiger partial charge >= 0.3 is 0 Å². The Morgan fingerprint density at radius 1 is 1.25 bits per heavy atom. The Morgan fingerprint density at radius 2 is 2.12 bits per heavy atom. The van der Waals surface area contributed by atoms with E-state index in [2.05, 4.69) is 29.8 Å². The second kappa shape index (κ2) is 5.03. The number of hydrogen-bond donors (Lipinski definition) is 1. The van der Waals surface area contributed by atoms with Crippen molar-refractivity contribution >= 4 is 17.0 Å². The Balaban J connectivity index is 2.14. The van der Waals surface area contributed by atoms with Crippen LogP contribution < -0.4 is 10.1 Å². The zero-order valence-electron chi connectivity index (χ0n) is 9.49. The molecular weight excluding hydrogens is 218 g/mol. The minimum absolute atomic E-state index is 0.636. The van der Waals surface area contributed by atoms with Crippen LogP contribution in [0.5, 0.6) is 5.75 Å². The van der Waals surface area contributed by atoms with Gasteiger partial charge in [-0.1, -0.05) is 18.2 Å². The van der Waals surface area contributed by atoms with Crippen LogP contribution in [0.1, 0.15) is 10.4 Å². The number of hydrogen-bond acceptors (Lipinski definition) is 3. The van der Waals surface area contributed by atoms with Gasteiger partial charge in [0, 0.05) is 11.9 Å². The first-order chi connectivity index (χ1) is 7.81. The van der Waals surface area contributed by atoms with E-state index in [1.165, 1.54) is 4.88 Å². The van der Waals surface area contributed by atoms with Crippen LogP contribution in [0, 0.1) is 6.92 Å². The van der Waals surface area contributed by atoms with E-state index in [1.54, 1.807) is 11.3 Å². The van der Waals surface area contributed by atoms with Crippen LogP contribution in [0.15, 0.2) is 35.7 Å². The van der Waals surface area contributed by atoms with Gasteiger partial charge in [0.05, 0.1) is 5.69 Å². The van der Waals surface area contributed by atoms with Crippen molar-refractivity contribution in [1.29, 1.82) is 0 Å². The number of anilines is 1. The van der Waals surface area contributed by atoms with Crippen LogP contribution in [0.2, 0.25) is 0 Å². The third kappa shape index (κ3) is 2.36. The summed E-state index contributed by atoms with van der Waals surface area (Å²) in [4.78, 5) is 1.24. The molecule has 0 fully saturated rings. The smallest absolute Gasteiger partial charge is 0.145 e. The van der Waals surface area contributed by atoms with Gasteiger partial charge in [0.25, 0.3) is 0 Å². The van der Waals surface area contributed by atoms with Crippen LogP contribution in [-0.4, -0.2) is 7.05 Å². The summed E-state index contributed by atoms with van der Waals surface area (Å²) < 4.78 is 5.85. The minimum atomic E-state index is 0.636. The molecule has 0 saturated heterocycles. The van der Waals surface area contributed by atoms with E-state index in [0.717, 1.165) is 17.0 Å². The Kier molecular flexibility index (Phi) is 3.47. The number of rotatable bonds is 4. The Morgan fingerprint density at radius 3 is 2.81 bits per heavy atom. The van der Waals surface area contributed by atoms with Gasteiger partial charge in [-0.25, -0.2) is 0 Å². The van der Waals surface area contributed by atoms with E-state index in [-0.39, 0.29) is 0 Å². The van der Waals surface area contributed by atoms with Crippen molar-refractivity contribution in [1.82, 2.24) is 0 Å². The van der Waals surface area contributed by atoms with E-state index >= 15 is 0 Å². The monoisotopic (exact) mass is 233 g/mol. The average Bonchev–Trinajstić information content (AvgIpc) is 2.80. The van der Waals surface area contributed by atoms with E-state index in [4.69, 9.17) is 4.74 Å². The lowest BCUT2D eigenvalue weighted by atomic mass is 10.2. The molecule has 84 valence electrons. The third-order valence-electron chi connectivity index (χ3n) is 2.42. The average molecular weight is 233 g/mol. The van der Waals surface area contributed by atoms with Crippen molar-refractivity contribution in [2.75, 3.05) is 12.4 Å². The van der Waals surface area contributed by atoms with Crippen molar-refractivity contribution in [3.63, 3.8) is 0 Å². The fourth-order valence-electron chi connectivity index (χ4n) is 1.58. The second-order valence-electron chi connectivity index (χ2n) is 3.57. The summed E-state index contributed by atoms with van der Waals surface area (Å²) in [5, 5.41) is 5.21. The topological polar surface area (TPSA) is 21.3 Å². The predicted molar refractivity (Wildman–Crippen MR) is 69.4 cm³/mol. The molecule has 2 nitrogen and oxygen atoms in total. The van der Waals surface area contributed by atoms with Gasteiger partial charge in [0.1, 0.15) is 12.4 Å². The lowest BCUT2D eigenvalue weighted by molar-refractivity contribution is 0.309. The molecule has 3 heteroatoms. The molecular formula is C13H15NOS. The molecule has 0 aliphatic carbocycles. The van der Waals surface area contributed by atoms with Crippen molar-refractivity contribution in [3.8, 4) is 5.75 Å². The van der Waals surface area contributed by atoms with Crippen LogP contribution >= 0.6 is 11.3 Å². The van der Waals surface area contributed by atoms with Gasteiger partial charge in [0.15, 0.2) is 0 Å². The summed E-state index contributed by atoms with van der Waals surface area (Å²) in [5.74, 6) is 0.943. The molecule has 0 radical (unpaired) electrons. The van der Waals surface area contributed by atoms with Crippen molar-refractivity contribution < 1.29 is 4.74 Å². The predicted octanol–water partition coefficient (Wildman–Crippen LogP) is 3.68. The Hall–Kier alpha value is -1.48. The molecule has 1 heterocycles. The molecule has 1 N–H and O–H groups in total. The highest BCUT2D eigenvalue weighted by atomic mass is 32.1. The first-order valence-corrected chi connectivity index (χ1v) is 6.12. The van der Waals surface area contributed by atoms with Gasteiger partial charge in [-0.15, -0.1) is 11.3 Å². The van der Waals surface area contributed by atoms with Crippen LogP contribution in [0.3, 0.4) is 0 Å². The molecule has 0 bridgehead atoms. The third-order valence-corrected chi connectivity index (χ3v) is 3.27. The molecule has 2 rings (SSSR count). The van der Waals surface area contributed by atoms with Crippen LogP contribution in [0.4, 0.5) is 5.69 Å². The summed E-state index contributed by atoms with van der Waals surface area (Å²) in [6.07, 6.45) is 0. The van der Waals surface area contributed by atoms with E-state index in [9.17, 15) is 0 Å². The highest BCUT2D eigenvalue weighted by molar-refractivity contribution is 7.09. The first-order valence-electron chi connectivity index (χ1n) is 5.24. The first kappa shape index (κ1) is 11.0. The summed E-state index contributed by atoms with van der Waals surface area (Å²) in [6.45, 7) is 2.70. The molecule has 2 aromatic rings. The normalized spacial score (nSPS) is 10.1. The van der Waals surface area contributed by atoms with Crippen molar-refractivity contribution in [2.45, 2.75) is 13.5 Å². The summed E-state index contributed by atoms with van der Waals surface area (Å²) in [6, 6.07) is 10.2. The Labute approximate surface area is 99.9 Å². The van der Waals surface area contributed by atoms with Gasteiger partial charge in [-0.05, 0) is 30.0 Å². The lowest BCUT2D eigenvalue weighted by Gasteiger charge is -2.12. The van der Waals surface area contributed by atoms with Gasteiger partial charge < -0.3 is 10.1 Å². The molecule has 16 heavy (non-hydrogen) atoms. The zero-order chi connectivity index (χ0) is 11.4. The molecule has 0 aliphatic rings. The maximum Gasteiger partial charge on any atom is 0.145 e. The van der Waals surface area contributed by atoms with E-state index in [1.807, 2.05) is 25.2 Å². The quantitative estimate of drug-likeness (QED) is 0.869. The number of para-hydroxylation sites is 1. The van der Waals surface area contributed by atoms with Gasteiger partial charge in [-0.2, -0.15) is 0 Å². The maximum atomic E-state index is 5.85. The van der Waals surface area contributed by atoms with Crippen molar-refractivity contribution in [3.05, 3.63) is 46.2 Å². The second-order valence-corrected chi connectivity index (χ2v) is 4.60. The summed E-state index contributed by atoms with van der Waals surface area (Å²) in [7, 11) is 1.91. The number of benzene rings is 1. The summed E-state index contributed by atoms with van der Waals surface area (Å²) >= 11 is 1.72. The largest absolute Gasteiger partial charge is 0.486 e. The molecule has 1 aromatic carbocycles. The summed E-state index contributed by atoms with van der Waals surface area (Å²) in [5.41, 5.74) is 2.19. The molecule has 0 aliphatic heterocycles. The van der Waals surface area contributed by atoms with Crippen LogP contribution in [0.25, 0.3) is 0 Å². The number of nitrogens with one attached hydrogen (secondary N) is 1. The lowest BCUT2D eigenvalue weighted by Crippen LogP contribution is -1.99. The molecule has 0 unspecified atom stereocenters.